The minimum atomic E-state index is 0.642. The van der Waals surface area contributed by atoms with Crippen LogP contribution in [0.15, 0.2) is 6.07 Å². The second-order valence-corrected chi connectivity index (χ2v) is 8.11. The highest BCUT2D eigenvalue weighted by Crippen LogP contribution is 2.45. The molecule has 0 spiro atoms. The van der Waals surface area contributed by atoms with E-state index in [9.17, 15) is 0 Å². The van der Waals surface area contributed by atoms with E-state index in [-0.39, 0.29) is 0 Å². The minimum Gasteiger partial charge on any atom is -0.317 e. The molecule has 1 aliphatic rings. The number of hydrogen-bond donors (Lipinski definition) is 1. The quantitative estimate of drug-likeness (QED) is 0.646. The summed E-state index contributed by atoms with van der Waals surface area (Å²) in [7, 11) is 0. The summed E-state index contributed by atoms with van der Waals surface area (Å²) < 4.78 is 0. The topological polar surface area (TPSA) is 12.0 Å². The van der Waals surface area contributed by atoms with Crippen molar-refractivity contribution in [2.24, 2.45) is 5.41 Å². The number of thiophene rings is 1. The van der Waals surface area contributed by atoms with Gasteiger partial charge >= 0.3 is 0 Å². The van der Waals surface area contributed by atoms with E-state index in [0.29, 0.717) is 5.41 Å². The highest BCUT2D eigenvalue weighted by atomic mass is 32.1. The molecule has 2 heteroatoms. The van der Waals surface area contributed by atoms with E-state index in [2.05, 4.69) is 32.2 Å². The Balaban J connectivity index is 1.87. The van der Waals surface area contributed by atoms with Crippen LogP contribution in [-0.4, -0.2) is 13.1 Å². The summed E-state index contributed by atoms with van der Waals surface area (Å²) in [6, 6.07) is 2.41. The molecule has 0 aromatic carbocycles. The van der Waals surface area contributed by atoms with Gasteiger partial charge in [-0.05, 0) is 82.5 Å². The molecular formula is C18H31NS. The Morgan fingerprint density at radius 3 is 2.50 bits per heavy atom. The maximum absolute atomic E-state index is 3.60. The zero-order chi connectivity index (χ0) is 14.4. The van der Waals surface area contributed by atoms with E-state index in [1.165, 1.54) is 69.3 Å². The average molecular weight is 294 g/mol. The van der Waals surface area contributed by atoms with Gasteiger partial charge in [-0.2, -0.15) is 0 Å². The molecule has 0 saturated heterocycles. The van der Waals surface area contributed by atoms with E-state index in [1.54, 1.807) is 10.4 Å². The minimum absolute atomic E-state index is 0.642. The van der Waals surface area contributed by atoms with Crippen molar-refractivity contribution >= 4 is 11.3 Å². The Hall–Kier alpha value is -0.340. The molecule has 1 aromatic rings. The Morgan fingerprint density at radius 2 is 1.90 bits per heavy atom. The van der Waals surface area contributed by atoms with E-state index in [0.717, 1.165) is 0 Å². The standard InChI is InChI=1S/C18H31NS/c1-4-12-19-13-11-18(8-5-6-9-18)10-7-17-14-15(2)20-16(17)3/h14,19H,4-13H2,1-3H3. The van der Waals surface area contributed by atoms with Crippen molar-refractivity contribution in [3.63, 3.8) is 0 Å². The molecule has 1 nitrogen and oxygen atoms in total. The Morgan fingerprint density at radius 1 is 1.15 bits per heavy atom. The van der Waals surface area contributed by atoms with Crippen LogP contribution in [0.5, 0.6) is 0 Å². The van der Waals surface area contributed by atoms with Crippen LogP contribution in [0.3, 0.4) is 0 Å². The maximum Gasteiger partial charge on any atom is 0.00490 e. The molecule has 0 bridgehead atoms. The molecule has 0 unspecified atom stereocenters. The van der Waals surface area contributed by atoms with E-state index >= 15 is 0 Å². The van der Waals surface area contributed by atoms with Crippen LogP contribution in [0.1, 0.15) is 67.2 Å². The summed E-state index contributed by atoms with van der Waals surface area (Å²) >= 11 is 1.96. The molecule has 1 aliphatic carbocycles. The molecule has 0 atom stereocenters. The predicted molar refractivity (Wildman–Crippen MR) is 90.8 cm³/mol. The highest BCUT2D eigenvalue weighted by Gasteiger charge is 2.32. The van der Waals surface area contributed by atoms with Gasteiger partial charge in [0.05, 0.1) is 0 Å². The molecule has 1 fully saturated rings. The lowest BCUT2D eigenvalue weighted by Crippen LogP contribution is -2.26. The molecule has 1 saturated carbocycles. The fourth-order valence-electron chi connectivity index (χ4n) is 3.74. The molecule has 1 heterocycles. The molecule has 1 N–H and O–H groups in total. The third-order valence-electron chi connectivity index (χ3n) is 4.99. The lowest BCUT2D eigenvalue weighted by Gasteiger charge is -2.29. The first-order valence-corrected chi connectivity index (χ1v) is 9.23. The average Bonchev–Trinajstić information content (AvgIpc) is 3.00. The maximum atomic E-state index is 3.60. The monoisotopic (exact) mass is 293 g/mol. The molecular weight excluding hydrogens is 262 g/mol. The SMILES string of the molecule is CCCNCCC1(CCc2cc(C)sc2C)CCCC1. The van der Waals surface area contributed by atoms with Crippen molar-refractivity contribution in [3.05, 3.63) is 21.4 Å². The highest BCUT2D eigenvalue weighted by molar-refractivity contribution is 7.12. The summed E-state index contributed by atoms with van der Waals surface area (Å²) in [6.45, 7) is 9.17. The first-order chi connectivity index (χ1) is 9.65. The van der Waals surface area contributed by atoms with Gasteiger partial charge in [-0.3, -0.25) is 0 Å². The lowest BCUT2D eigenvalue weighted by molar-refractivity contribution is 0.245. The smallest absolute Gasteiger partial charge is 0.00490 e. The second-order valence-electron chi connectivity index (χ2n) is 6.65. The fraction of sp³-hybridized carbons (Fsp3) is 0.778. The van der Waals surface area contributed by atoms with Crippen molar-refractivity contribution in [1.29, 1.82) is 0 Å². The molecule has 1 aromatic heterocycles. The lowest BCUT2D eigenvalue weighted by atomic mass is 9.77. The number of hydrogen-bond acceptors (Lipinski definition) is 2. The van der Waals surface area contributed by atoms with Crippen molar-refractivity contribution in [2.75, 3.05) is 13.1 Å². The van der Waals surface area contributed by atoms with Gasteiger partial charge in [0.1, 0.15) is 0 Å². The third-order valence-corrected chi connectivity index (χ3v) is 6.00. The first kappa shape index (κ1) is 16.0. The van der Waals surface area contributed by atoms with Gasteiger partial charge in [0, 0.05) is 9.75 Å². The Kier molecular flexibility index (Phi) is 6.10. The second kappa shape index (κ2) is 7.61. The first-order valence-electron chi connectivity index (χ1n) is 8.42. The zero-order valence-corrected chi connectivity index (χ0v) is 14.4. The summed E-state index contributed by atoms with van der Waals surface area (Å²) in [5.41, 5.74) is 2.25. The van der Waals surface area contributed by atoms with E-state index in [1.807, 2.05) is 11.3 Å². The largest absolute Gasteiger partial charge is 0.317 e. The molecule has 2 rings (SSSR count). The van der Waals surface area contributed by atoms with Gasteiger partial charge in [0.15, 0.2) is 0 Å². The van der Waals surface area contributed by atoms with Crippen LogP contribution in [0, 0.1) is 19.3 Å². The molecule has 114 valence electrons. The fourth-order valence-corrected chi connectivity index (χ4v) is 4.71. The Labute approximate surface area is 129 Å². The van der Waals surface area contributed by atoms with Crippen molar-refractivity contribution in [1.82, 2.24) is 5.32 Å². The normalized spacial score (nSPS) is 17.8. The van der Waals surface area contributed by atoms with E-state index in [4.69, 9.17) is 0 Å². The molecule has 0 radical (unpaired) electrons. The van der Waals surface area contributed by atoms with E-state index < -0.39 is 0 Å². The van der Waals surface area contributed by atoms with Gasteiger partial charge in [0.25, 0.3) is 0 Å². The van der Waals surface area contributed by atoms with Gasteiger partial charge in [0.2, 0.25) is 0 Å². The van der Waals surface area contributed by atoms with Gasteiger partial charge in [-0.25, -0.2) is 0 Å². The van der Waals surface area contributed by atoms with Gasteiger partial charge in [-0.15, -0.1) is 11.3 Å². The summed E-state index contributed by atoms with van der Waals surface area (Å²) in [5.74, 6) is 0. The molecule has 0 aliphatic heterocycles. The number of aryl methyl sites for hydroxylation is 3. The van der Waals surface area contributed by atoms with Crippen LogP contribution < -0.4 is 5.32 Å². The van der Waals surface area contributed by atoms with Gasteiger partial charge < -0.3 is 5.32 Å². The van der Waals surface area contributed by atoms with Crippen LogP contribution in [-0.2, 0) is 6.42 Å². The summed E-state index contributed by atoms with van der Waals surface area (Å²) in [5, 5.41) is 3.60. The molecule has 20 heavy (non-hydrogen) atoms. The summed E-state index contributed by atoms with van der Waals surface area (Å²) in [4.78, 5) is 3.02. The predicted octanol–water partition coefficient (Wildman–Crippen LogP) is 5.25. The van der Waals surface area contributed by atoms with Crippen LogP contribution in [0.4, 0.5) is 0 Å². The van der Waals surface area contributed by atoms with Crippen LogP contribution >= 0.6 is 11.3 Å². The number of rotatable bonds is 8. The van der Waals surface area contributed by atoms with Crippen molar-refractivity contribution in [3.8, 4) is 0 Å². The molecule has 0 amide bonds. The van der Waals surface area contributed by atoms with Crippen molar-refractivity contribution < 1.29 is 0 Å². The van der Waals surface area contributed by atoms with Crippen LogP contribution in [0.2, 0.25) is 0 Å². The third kappa shape index (κ3) is 4.33. The Bertz CT molecular complexity index is 402. The van der Waals surface area contributed by atoms with Crippen LogP contribution in [0.25, 0.3) is 0 Å². The van der Waals surface area contributed by atoms with Crippen molar-refractivity contribution in [2.45, 2.75) is 72.1 Å². The number of nitrogens with one attached hydrogen (secondary N) is 1. The summed E-state index contributed by atoms with van der Waals surface area (Å²) in [6.07, 6.45) is 11.2. The van der Waals surface area contributed by atoms with Gasteiger partial charge in [-0.1, -0.05) is 19.8 Å². The zero-order valence-electron chi connectivity index (χ0n) is 13.6.